The maximum atomic E-state index is 13.3. The molecule has 1 N–H and O–H groups in total. The van der Waals surface area contributed by atoms with Gasteiger partial charge in [0.2, 0.25) is 5.82 Å². The lowest BCUT2D eigenvalue weighted by atomic mass is 10.1. The van der Waals surface area contributed by atoms with Crippen molar-refractivity contribution in [2.45, 2.75) is 19.1 Å². The van der Waals surface area contributed by atoms with Crippen LogP contribution < -0.4 is 5.32 Å². The summed E-state index contributed by atoms with van der Waals surface area (Å²) in [5.74, 6) is -3.43. The van der Waals surface area contributed by atoms with Gasteiger partial charge < -0.3 is 5.32 Å². The number of halogens is 5. The lowest BCUT2D eigenvalue weighted by molar-refractivity contribution is -0.146. The van der Waals surface area contributed by atoms with Crippen molar-refractivity contribution < 1.29 is 22.0 Å². The Morgan fingerprint density at radius 2 is 1.90 bits per heavy atom. The van der Waals surface area contributed by atoms with Gasteiger partial charge in [0, 0.05) is 31.3 Å². The van der Waals surface area contributed by atoms with E-state index in [1.807, 2.05) is 0 Å². The summed E-state index contributed by atoms with van der Waals surface area (Å²) in [6, 6.07) is 2.66. The molecule has 8 heteroatoms. The molecule has 2 aromatic rings. The molecule has 2 heterocycles. The van der Waals surface area contributed by atoms with Crippen LogP contribution in [0.15, 0.2) is 18.2 Å². The first-order valence-corrected chi connectivity index (χ1v) is 6.22. The summed E-state index contributed by atoms with van der Waals surface area (Å²) in [6.45, 7) is 0.717. The number of aromatic nitrogens is 2. The van der Waals surface area contributed by atoms with E-state index < -0.39 is 23.6 Å². The third kappa shape index (κ3) is 2.39. The third-order valence-corrected chi connectivity index (χ3v) is 3.30. The van der Waals surface area contributed by atoms with Crippen molar-refractivity contribution in [1.82, 2.24) is 14.9 Å². The highest BCUT2D eigenvalue weighted by Gasteiger charge is 2.39. The highest BCUT2D eigenvalue weighted by Crippen LogP contribution is 2.33. The largest absolute Gasteiger partial charge is 0.450 e. The lowest BCUT2D eigenvalue weighted by Crippen LogP contribution is -2.25. The number of hydrogen-bond donors (Lipinski definition) is 1. The van der Waals surface area contributed by atoms with Crippen LogP contribution in [0.5, 0.6) is 0 Å². The van der Waals surface area contributed by atoms with E-state index in [4.69, 9.17) is 0 Å². The number of nitrogens with zero attached hydrogens (tertiary/aromatic N) is 2. The Bertz CT molecular complexity index is 690. The van der Waals surface area contributed by atoms with E-state index in [0.717, 1.165) is 22.8 Å². The maximum absolute atomic E-state index is 13.3. The summed E-state index contributed by atoms with van der Waals surface area (Å²) in [5.41, 5.74) is 0.558. The van der Waals surface area contributed by atoms with Crippen molar-refractivity contribution in [3.8, 4) is 5.69 Å². The van der Waals surface area contributed by atoms with Crippen LogP contribution in [0.2, 0.25) is 0 Å². The number of hydrogen-bond acceptors (Lipinski definition) is 2. The number of nitrogens with one attached hydrogen (secondary N) is 1. The first-order chi connectivity index (χ1) is 9.88. The molecule has 21 heavy (non-hydrogen) atoms. The monoisotopic (exact) mass is 303 g/mol. The number of fused-ring (bicyclic) bond motifs is 1. The van der Waals surface area contributed by atoms with Crippen LogP contribution in [0.3, 0.4) is 0 Å². The molecular formula is C13H10F5N3. The van der Waals surface area contributed by atoms with Crippen LogP contribution in [0.25, 0.3) is 5.69 Å². The Morgan fingerprint density at radius 3 is 2.57 bits per heavy atom. The molecule has 0 saturated carbocycles. The minimum absolute atomic E-state index is 0.0862. The molecule has 1 aliphatic heterocycles. The number of alkyl halides is 3. The Labute approximate surface area is 116 Å². The second kappa shape index (κ2) is 4.80. The summed E-state index contributed by atoms with van der Waals surface area (Å²) in [7, 11) is 0. The van der Waals surface area contributed by atoms with E-state index in [0.29, 0.717) is 18.7 Å². The zero-order chi connectivity index (χ0) is 15.2. The van der Waals surface area contributed by atoms with Crippen LogP contribution in [0, 0.1) is 11.6 Å². The number of benzene rings is 1. The summed E-state index contributed by atoms with van der Waals surface area (Å²) >= 11 is 0. The molecule has 0 bridgehead atoms. The van der Waals surface area contributed by atoms with Crippen LogP contribution >= 0.6 is 0 Å². The highest BCUT2D eigenvalue weighted by atomic mass is 19.4. The van der Waals surface area contributed by atoms with E-state index in [9.17, 15) is 22.0 Å². The Morgan fingerprint density at radius 1 is 1.14 bits per heavy atom. The average molecular weight is 303 g/mol. The van der Waals surface area contributed by atoms with Gasteiger partial charge in [0.15, 0.2) is 11.6 Å². The van der Waals surface area contributed by atoms with Gasteiger partial charge in [0.1, 0.15) is 0 Å². The Kier molecular flexibility index (Phi) is 3.20. The van der Waals surface area contributed by atoms with Crippen molar-refractivity contribution in [3.05, 3.63) is 47.0 Å². The topological polar surface area (TPSA) is 29.9 Å². The number of imidazole rings is 1. The first kappa shape index (κ1) is 14.0. The fraction of sp³-hybridized carbons (Fsp3) is 0.308. The van der Waals surface area contributed by atoms with E-state index in [2.05, 4.69) is 10.3 Å². The molecule has 3 rings (SSSR count). The van der Waals surface area contributed by atoms with E-state index in [-0.39, 0.29) is 17.9 Å². The van der Waals surface area contributed by atoms with E-state index in [1.165, 1.54) is 0 Å². The molecule has 112 valence electrons. The predicted octanol–water partition coefficient (Wildman–Crippen LogP) is 2.82. The van der Waals surface area contributed by atoms with Gasteiger partial charge in [-0.3, -0.25) is 4.57 Å². The van der Waals surface area contributed by atoms with Crippen molar-refractivity contribution in [2.75, 3.05) is 6.54 Å². The molecule has 0 aliphatic carbocycles. The molecule has 0 fully saturated rings. The number of rotatable bonds is 1. The van der Waals surface area contributed by atoms with Crippen molar-refractivity contribution in [1.29, 1.82) is 0 Å². The smallest absolute Gasteiger partial charge is 0.311 e. The fourth-order valence-corrected chi connectivity index (χ4v) is 2.40. The highest BCUT2D eigenvalue weighted by molar-refractivity contribution is 5.40. The van der Waals surface area contributed by atoms with E-state index >= 15 is 0 Å². The van der Waals surface area contributed by atoms with Gasteiger partial charge >= 0.3 is 6.18 Å². The quantitative estimate of drug-likeness (QED) is 0.821. The SMILES string of the molecule is Fc1ccc(-n2c(C(F)(F)F)nc3c2CCNC3)cc1F. The lowest BCUT2D eigenvalue weighted by Gasteiger charge is -2.17. The van der Waals surface area contributed by atoms with Gasteiger partial charge in [-0.25, -0.2) is 13.8 Å². The van der Waals surface area contributed by atoms with Crippen molar-refractivity contribution >= 4 is 0 Å². The average Bonchev–Trinajstić information content (AvgIpc) is 2.81. The zero-order valence-electron chi connectivity index (χ0n) is 10.6. The van der Waals surface area contributed by atoms with Gasteiger partial charge in [-0.2, -0.15) is 13.2 Å². The Hall–Kier alpha value is -1.96. The molecule has 0 spiro atoms. The molecule has 3 nitrogen and oxygen atoms in total. The second-order valence-corrected chi connectivity index (χ2v) is 4.69. The fourth-order valence-electron chi connectivity index (χ4n) is 2.40. The minimum atomic E-state index is -4.68. The summed E-state index contributed by atoms with van der Waals surface area (Å²) in [4.78, 5) is 3.61. The van der Waals surface area contributed by atoms with Crippen LogP contribution in [0.4, 0.5) is 22.0 Å². The summed E-state index contributed by atoms with van der Waals surface area (Å²) in [5, 5.41) is 2.93. The van der Waals surface area contributed by atoms with Crippen LogP contribution in [0.1, 0.15) is 17.2 Å². The summed E-state index contributed by atoms with van der Waals surface area (Å²) in [6.07, 6.45) is -4.35. The van der Waals surface area contributed by atoms with E-state index in [1.54, 1.807) is 0 Å². The van der Waals surface area contributed by atoms with Gasteiger partial charge in [-0.05, 0) is 12.1 Å². The minimum Gasteiger partial charge on any atom is -0.311 e. The van der Waals surface area contributed by atoms with Crippen LogP contribution in [-0.2, 0) is 19.1 Å². The van der Waals surface area contributed by atoms with Gasteiger partial charge in [0.25, 0.3) is 0 Å². The molecule has 0 amide bonds. The maximum Gasteiger partial charge on any atom is 0.450 e. The van der Waals surface area contributed by atoms with Gasteiger partial charge in [-0.15, -0.1) is 0 Å². The summed E-state index contributed by atoms with van der Waals surface area (Å²) < 4.78 is 66.6. The second-order valence-electron chi connectivity index (χ2n) is 4.69. The molecule has 0 atom stereocenters. The third-order valence-electron chi connectivity index (χ3n) is 3.30. The van der Waals surface area contributed by atoms with Gasteiger partial charge in [0.05, 0.1) is 11.4 Å². The van der Waals surface area contributed by atoms with Gasteiger partial charge in [-0.1, -0.05) is 0 Å². The molecule has 0 saturated heterocycles. The molecule has 1 aliphatic rings. The van der Waals surface area contributed by atoms with Crippen LogP contribution in [-0.4, -0.2) is 16.1 Å². The standard InChI is InChI=1S/C13H10F5N3/c14-8-2-1-7(5-9(8)15)21-11-3-4-19-6-10(11)20-12(21)13(16,17)18/h1-2,5,19H,3-4,6H2. The molecule has 0 radical (unpaired) electrons. The molecule has 0 unspecified atom stereocenters. The molecular weight excluding hydrogens is 293 g/mol. The van der Waals surface area contributed by atoms with Crippen molar-refractivity contribution in [3.63, 3.8) is 0 Å². The predicted molar refractivity (Wildman–Crippen MR) is 63.9 cm³/mol. The molecule has 1 aromatic heterocycles. The van der Waals surface area contributed by atoms with Crippen molar-refractivity contribution in [2.24, 2.45) is 0 Å². The molecule has 1 aromatic carbocycles. The first-order valence-electron chi connectivity index (χ1n) is 6.22. The Balaban J connectivity index is 2.24. The zero-order valence-corrected chi connectivity index (χ0v) is 10.6. The normalized spacial score (nSPS) is 15.1.